The van der Waals surface area contributed by atoms with Crippen molar-refractivity contribution < 1.29 is 23.0 Å². The van der Waals surface area contributed by atoms with Gasteiger partial charge in [0.15, 0.2) is 11.5 Å². The molecule has 9 heteroatoms. The summed E-state index contributed by atoms with van der Waals surface area (Å²) in [5.74, 6) is 0.508. The first-order valence-electron chi connectivity index (χ1n) is 9.49. The molecule has 1 aromatic carbocycles. The van der Waals surface area contributed by atoms with Gasteiger partial charge in [0.05, 0.1) is 5.69 Å². The molecule has 1 fully saturated rings. The number of pyridine rings is 1. The number of anilines is 1. The summed E-state index contributed by atoms with van der Waals surface area (Å²) in [5.41, 5.74) is 1.95. The second-order valence-electron chi connectivity index (χ2n) is 7.29. The highest BCUT2D eigenvalue weighted by atomic mass is 19.4. The molecule has 0 atom stereocenters. The third kappa shape index (κ3) is 4.61. The van der Waals surface area contributed by atoms with Crippen molar-refractivity contribution in [3.8, 4) is 17.1 Å². The molecule has 0 radical (unpaired) electrons. The van der Waals surface area contributed by atoms with E-state index >= 15 is 0 Å². The van der Waals surface area contributed by atoms with Gasteiger partial charge in [-0.25, -0.2) is 0 Å². The Morgan fingerprint density at radius 3 is 2.62 bits per heavy atom. The molecule has 154 valence electrons. The van der Waals surface area contributed by atoms with Crippen molar-refractivity contribution in [3.63, 3.8) is 0 Å². The molecule has 2 aromatic heterocycles. The number of alkyl halides is 3. The van der Waals surface area contributed by atoms with Gasteiger partial charge in [-0.3, -0.25) is 4.40 Å². The molecule has 6 nitrogen and oxygen atoms in total. The summed E-state index contributed by atoms with van der Waals surface area (Å²) in [5, 5.41) is 21.0. The van der Waals surface area contributed by atoms with E-state index in [0.717, 1.165) is 31.4 Å². The lowest BCUT2D eigenvalue weighted by Crippen LogP contribution is -2.27. The summed E-state index contributed by atoms with van der Waals surface area (Å²) in [4.78, 5) is 0. The first-order chi connectivity index (χ1) is 13.9. The van der Waals surface area contributed by atoms with Crippen molar-refractivity contribution in [1.82, 2.24) is 14.6 Å². The van der Waals surface area contributed by atoms with Crippen LogP contribution in [0.25, 0.3) is 17.0 Å². The minimum Gasteiger partial charge on any atom is -0.406 e. The molecule has 3 aromatic rings. The van der Waals surface area contributed by atoms with Crippen molar-refractivity contribution in [2.75, 3.05) is 11.9 Å². The number of aromatic nitrogens is 3. The fraction of sp³-hybridized carbons (Fsp3) is 0.400. The van der Waals surface area contributed by atoms with Gasteiger partial charge in [-0.1, -0.05) is 12.1 Å². The van der Waals surface area contributed by atoms with Crippen LogP contribution < -0.4 is 10.1 Å². The van der Waals surface area contributed by atoms with Crippen LogP contribution in [-0.2, 0) is 0 Å². The molecule has 1 aliphatic rings. The highest BCUT2D eigenvalue weighted by molar-refractivity contribution is 5.63. The van der Waals surface area contributed by atoms with Gasteiger partial charge in [0, 0.05) is 24.4 Å². The van der Waals surface area contributed by atoms with Crippen molar-refractivity contribution in [2.45, 2.75) is 38.1 Å². The molecular weight excluding hydrogens is 385 g/mol. The predicted molar refractivity (Wildman–Crippen MR) is 102 cm³/mol. The Labute approximate surface area is 165 Å². The minimum absolute atomic E-state index is 0.236. The number of hydrogen-bond acceptors (Lipinski definition) is 5. The largest absolute Gasteiger partial charge is 0.573 e. The van der Waals surface area contributed by atoms with Crippen LogP contribution in [0.1, 0.15) is 25.7 Å². The van der Waals surface area contributed by atoms with Crippen LogP contribution in [0.15, 0.2) is 42.6 Å². The fourth-order valence-electron chi connectivity index (χ4n) is 3.73. The average Bonchev–Trinajstić information content (AvgIpc) is 3.11. The predicted octanol–water partition coefficient (Wildman–Crippen LogP) is 4.26. The second kappa shape index (κ2) is 7.90. The molecule has 1 aliphatic carbocycles. The van der Waals surface area contributed by atoms with E-state index in [1.807, 2.05) is 18.3 Å². The first kappa shape index (κ1) is 19.5. The molecule has 0 spiro atoms. The standard InChI is InChI=1S/C20H21F3N4O2/c21-20(22,23)29-17-3-1-2-14(10-17)19-26-25-18-9-8-16(11-27(18)19)24-15-6-4-13(12-28)5-7-15/h1-3,8-11,13,15,24,28H,4-7,12H2/t13-,15-. The lowest BCUT2D eigenvalue weighted by molar-refractivity contribution is -0.274. The zero-order chi connectivity index (χ0) is 20.4. The van der Waals surface area contributed by atoms with Crippen molar-refractivity contribution in [1.29, 1.82) is 0 Å². The van der Waals surface area contributed by atoms with Crippen LogP contribution in [0.5, 0.6) is 5.75 Å². The van der Waals surface area contributed by atoms with Crippen molar-refractivity contribution >= 4 is 11.3 Å². The van der Waals surface area contributed by atoms with E-state index in [2.05, 4.69) is 20.3 Å². The van der Waals surface area contributed by atoms with E-state index in [1.165, 1.54) is 18.2 Å². The van der Waals surface area contributed by atoms with E-state index in [-0.39, 0.29) is 12.4 Å². The molecular formula is C20H21F3N4O2. The number of hydrogen-bond donors (Lipinski definition) is 2. The Bertz CT molecular complexity index is 981. The number of rotatable bonds is 5. The minimum atomic E-state index is -4.75. The molecule has 2 heterocycles. The number of aliphatic hydroxyl groups excluding tert-OH is 1. The highest BCUT2D eigenvalue weighted by Crippen LogP contribution is 2.29. The van der Waals surface area contributed by atoms with E-state index < -0.39 is 6.36 Å². The Morgan fingerprint density at radius 1 is 1.10 bits per heavy atom. The van der Waals surface area contributed by atoms with Gasteiger partial charge in [-0.15, -0.1) is 23.4 Å². The van der Waals surface area contributed by atoms with E-state index in [4.69, 9.17) is 0 Å². The van der Waals surface area contributed by atoms with E-state index in [1.54, 1.807) is 10.5 Å². The summed E-state index contributed by atoms with van der Waals surface area (Å²) in [7, 11) is 0. The molecule has 1 saturated carbocycles. The molecule has 29 heavy (non-hydrogen) atoms. The zero-order valence-electron chi connectivity index (χ0n) is 15.6. The summed E-state index contributed by atoms with van der Waals surface area (Å²) < 4.78 is 43.3. The summed E-state index contributed by atoms with van der Waals surface area (Å²) in [6.45, 7) is 0.236. The van der Waals surface area contributed by atoms with E-state index in [0.29, 0.717) is 29.0 Å². The number of nitrogens with zero attached hydrogens (tertiary/aromatic N) is 3. The van der Waals surface area contributed by atoms with Crippen LogP contribution >= 0.6 is 0 Å². The van der Waals surface area contributed by atoms with Crippen LogP contribution in [0.2, 0.25) is 0 Å². The second-order valence-corrected chi connectivity index (χ2v) is 7.29. The third-order valence-corrected chi connectivity index (χ3v) is 5.20. The topological polar surface area (TPSA) is 71.7 Å². The van der Waals surface area contributed by atoms with Crippen LogP contribution in [-0.4, -0.2) is 38.7 Å². The fourth-order valence-corrected chi connectivity index (χ4v) is 3.73. The normalized spacial score (nSPS) is 20.0. The van der Waals surface area contributed by atoms with Gasteiger partial charge in [-0.2, -0.15) is 0 Å². The Morgan fingerprint density at radius 2 is 1.90 bits per heavy atom. The molecule has 2 N–H and O–H groups in total. The molecule has 4 rings (SSSR count). The van der Waals surface area contributed by atoms with Gasteiger partial charge in [0.25, 0.3) is 0 Å². The SMILES string of the molecule is OC[C@H]1CC[C@H](Nc2ccc3nnc(-c4cccc(OC(F)(F)F)c4)n3c2)CC1. The summed E-state index contributed by atoms with van der Waals surface area (Å²) in [6.07, 6.45) is 1.03. The van der Waals surface area contributed by atoms with Crippen LogP contribution in [0, 0.1) is 5.92 Å². The number of aliphatic hydroxyl groups is 1. The van der Waals surface area contributed by atoms with Crippen LogP contribution in [0.3, 0.4) is 0 Å². The lowest BCUT2D eigenvalue weighted by atomic mass is 9.86. The molecule has 0 saturated heterocycles. The lowest BCUT2D eigenvalue weighted by Gasteiger charge is -2.28. The van der Waals surface area contributed by atoms with Gasteiger partial charge < -0.3 is 15.2 Å². The number of fused-ring (bicyclic) bond motifs is 1. The number of ether oxygens (including phenoxy) is 1. The quantitative estimate of drug-likeness (QED) is 0.663. The summed E-state index contributed by atoms with van der Waals surface area (Å²) in [6, 6.07) is 9.73. The Hall–Kier alpha value is -2.81. The first-order valence-corrected chi connectivity index (χ1v) is 9.49. The van der Waals surface area contributed by atoms with Gasteiger partial charge >= 0.3 is 6.36 Å². The molecule has 0 aliphatic heterocycles. The Kier molecular flexibility index (Phi) is 5.31. The smallest absolute Gasteiger partial charge is 0.406 e. The van der Waals surface area contributed by atoms with Crippen LogP contribution in [0.4, 0.5) is 18.9 Å². The van der Waals surface area contributed by atoms with Crippen molar-refractivity contribution in [2.24, 2.45) is 5.92 Å². The maximum Gasteiger partial charge on any atom is 0.573 e. The Balaban J connectivity index is 1.57. The number of halogens is 3. The van der Waals surface area contributed by atoms with Gasteiger partial charge in [0.1, 0.15) is 5.75 Å². The molecule has 0 amide bonds. The van der Waals surface area contributed by atoms with Gasteiger partial charge in [0.2, 0.25) is 0 Å². The van der Waals surface area contributed by atoms with Crippen molar-refractivity contribution in [3.05, 3.63) is 42.6 Å². The van der Waals surface area contributed by atoms with Gasteiger partial charge in [-0.05, 0) is 55.9 Å². The third-order valence-electron chi connectivity index (χ3n) is 5.20. The number of benzene rings is 1. The number of nitrogens with one attached hydrogen (secondary N) is 1. The van der Waals surface area contributed by atoms with E-state index in [9.17, 15) is 18.3 Å². The maximum absolute atomic E-state index is 12.5. The average molecular weight is 406 g/mol. The highest BCUT2D eigenvalue weighted by Gasteiger charge is 2.31. The molecule has 0 unspecified atom stereocenters. The monoisotopic (exact) mass is 406 g/mol. The maximum atomic E-state index is 12.5. The zero-order valence-corrected chi connectivity index (χ0v) is 15.6. The molecule has 0 bridgehead atoms. The summed E-state index contributed by atoms with van der Waals surface area (Å²) >= 11 is 0.